The highest BCUT2D eigenvalue weighted by atomic mass is 16.3. The lowest BCUT2D eigenvalue weighted by atomic mass is 9.62. The van der Waals surface area contributed by atoms with Crippen LogP contribution >= 0.6 is 0 Å². The zero-order valence-corrected chi connectivity index (χ0v) is 21.8. The Hall–Kier alpha value is -4.76. The van der Waals surface area contributed by atoms with E-state index in [4.69, 9.17) is 0 Å². The molecule has 0 amide bonds. The minimum Gasteiger partial charge on any atom is -0.376 e. The monoisotopic (exact) mass is 514 g/mol. The molecule has 0 aromatic heterocycles. The number of benzene rings is 7. The summed E-state index contributed by atoms with van der Waals surface area (Å²) >= 11 is 0. The van der Waals surface area contributed by atoms with Crippen LogP contribution in [0.4, 0.5) is 0 Å². The Bertz CT molecular complexity index is 2080. The van der Waals surface area contributed by atoms with Gasteiger partial charge in [0.1, 0.15) is 11.2 Å². The van der Waals surface area contributed by atoms with E-state index in [9.17, 15) is 10.2 Å². The molecule has 7 aromatic carbocycles. The van der Waals surface area contributed by atoms with Crippen LogP contribution in [0.25, 0.3) is 32.3 Å². The molecule has 0 spiro atoms. The Morgan fingerprint density at radius 2 is 0.725 bits per heavy atom. The minimum absolute atomic E-state index is 0.690. The van der Waals surface area contributed by atoms with Crippen molar-refractivity contribution in [2.24, 2.45) is 0 Å². The van der Waals surface area contributed by atoms with Crippen molar-refractivity contribution in [3.8, 4) is 0 Å². The van der Waals surface area contributed by atoms with Gasteiger partial charge in [0, 0.05) is 22.3 Å². The molecule has 0 fully saturated rings. The second-order valence-electron chi connectivity index (χ2n) is 10.8. The minimum atomic E-state index is -1.48. The fourth-order valence-electron chi connectivity index (χ4n) is 6.76. The Morgan fingerprint density at radius 3 is 1.27 bits per heavy atom. The van der Waals surface area contributed by atoms with E-state index in [2.05, 4.69) is 60.7 Å². The molecular weight excluding hydrogens is 488 g/mol. The molecule has 0 bridgehead atoms. The Labute approximate surface area is 232 Å². The highest BCUT2D eigenvalue weighted by Crippen LogP contribution is 2.55. The molecule has 0 aliphatic heterocycles. The molecule has 0 saturated heterocycles. The molecule has 190 valence electrons. The first-order chi connectivity index (χ1) is 19.6. The van der Waals surface area contributed by atoms with Crippen LogP contribution in [0.2, 0.25) is 0 Å². The zero-order valence-electron chi connectivity index (χ0n) is 21.8. The summed E-state index contributed by atoms with van der Waals surface area (Å²) in [7, 11) is 0. The first kappa shape index (κ1) is 23.2. The average molecular weight is 515 g/mol. The van der Waals surface area contributed by atoms with Gasteiger partial charge in [-0.25, -0.2) is 0 Å². The van der Waals surface area contributed by atoms with Crippen molar-refractivity contribution in [1.29, 1.82) is 0 Å². The Balaban J connectivity index is 1.59. The molecule has 1 aliphatic rings. The largest absolute Gasteiger partial charge is 0.376 e. The number of fused-ring (bicyclic) bond motifs is 6. The van der Waals surface area contributed by atoms with E-state index in [1.807, 2.05) is 84.9 Å². The van der Waals surface area contributed by atoms with Crippen LogP contribution in [0.1, 0.15) is 33.4 Å². The molecule has 0 saturated carbocycles. The zero-order chi connectivity index (χ0) is 26.9. The van der Waals surface area contributed by atoms with Gasteiger partial charge in [0.2, 0.25) is 0 Å². The van der Waals surface area contributed by atoms with Crippen LogP contribution < -0.4 is 0 Å². The maximum atomic E-state index is 13.1. The fraction of sp³-hybridized carbons (Fsp3) is 0.0526. The predicted molar refractivity (Wildman–Crippen MR) is 162 cm³/mol. The molecule has 2 nitrogen and oxygen atoms in total. The van der Waals surface area contributed by atoms with Gasteiger partial charge in [0.25, 0.3) is 0 Å². The molecule has 0 radical (unpaired) electrons. The fourth-order valence-corrected chi connectivity index (χ4v) is 6.76. The van der Waals surface area contributed by atoms with Gasteiger partial charge >= 0.3 is 0 Å². The van der Waals surface area contributed by atoms with E-state index < -0.39 is 11.2 Å². The van der Waals surface area contributed by atoms with E-state index in [-0.39, 0.29) is 0 Å². The average Bonchev–Trinajstić information content (AvgIpc) is 3.03. The summed E-state index contributed by atoms with van der Waals surface area (Å²) in [6, 6.07) is 48.7. The lowest BCUT2D eigenvalue weighted by Gasteiger charge is -2.45. The van der Waals surface area contributed by atoms with Crippen LogP contribution in [-0.2, 0) is 11.2 Å². The van der Waals surface area contributed by atoms with Crippen molar-refractivity contribution >= 4 is 32.3 Å². The summed E-state index contributed by atoms with van der Waals surface area (Å²) in [4.78, 5) is 0. The predicted octanol–water partition coefficient (Wildman–Crippen LogP) is 8.03. The topological polar surface area (TPSA) is 40.5 Å². The molecule has 1 aliphatic carbocycles. The Kier molecular flexibility index (Phi) is 4.84. The first-order valence-electron chi connectivity index (χ1n) is 13.6. The van der Waals surface area contributed by atoms with Crippen molar-refractivity contribution in [1.82, 2.24) is 0 Å². The van der Waals surface area contributed by atoms with Crippen LogP contribution in [0, 0.1) is 0 Å². The summed E-state index contributed by atoms with van der Waals surface area (Å²) in [5.74, 6) is 0. The highest BCUT2D eigenvalue weighted by molar-refractivity contribution is 6.08. The van der Waals surface area contributed by atoms with Crippen LogP contribution in [0.3, 0.4) is 0 Å². The van der Waals surface area contributed by atoms with Gasteiger partial charge in [-0.15, -0.1) is 0 Å². The second kappa shape index (κ2) is 8.37. The first-order valence-corrected chi connectivity index (χ1v) is 13.6. The van der Waals surface area contributed by atoms with Gasteiger partial charge in [-0.05, 0) is 67.7 Å². The van der Waals surface area contributed by atoms with Crippen molar-refractivity contribution in [2.75, 3.05) is 0 Å². The smallest absolute Gasteiger partial charge is 0.141 e. The van der Waals surface area contributed by atoms with Crippen LogP contribution in [0.5, 0.6) is 0 Å². The molecule has 2 heteroatoms. The quantitative estimate of drug-likeness (QED) is 0.229. The van der Waals surface area contributed by atoms with Gasteiger partial charge in [0.15, 0.2) is 0 Å². The maximum absolute atomic E-state index is 13.1. The molecule has 40 heavy (non-hydrogen) atoms. The van der Waals surface area contributed by atoms with E-state index in [0.29, 0.717) is 22.3 Å². The third kappa shape index (κ3) is 3.06. The maximum Gasteiger partial charge on any atom is 0.141 e. The Morgan fingerprint density at radius 1 is 0.325 bits per heavy atom. The summed E-state index contributed by atoms with van der Waals surface area (Å²) in [6.07, 6.45) is 0. The number of rotatable bonds is 2. The van der Waals surface area contributed by atoms with E-state index in [0.717, 1.165) is 43.4 Å². The van der Waals surface area contributed by atoms with Gasteiger partial charge in [-0.1, -0.05) is 121 Å². The van der Waals surface area contributed by atoms with Crippen LogP contribution in [0.15, 0.2) is 146 Å². The molecular formula is C38H26O2. The van der Waals surface area contributed by atoms with Gasteiger partial charge in [-0.2, -0.15) is 0 Å². The van der Waals surface area contributed by atoms with Crippen molar-refractivity contribution in [3.05, 3.63) is 179 Å². The number of hydrogen-bond donors (Lipinski definition) is 2. The van der Waals surface area contributed by atoms with E-state index in [1.54, 1.807) is 0 Å². The molecule has 0 heterocycles. The summed E-state index contributed by atoms with van der Waals surface area (Å²) in [6.45, 7) is 0. The third-order valence-electron chi connectivity index (χ3n) is 8.71. The van der Waals surface area contributed by atoms with Gasteiger partial charge < -0.3 is 10.2 Å². The molecule has 2 atom stereocenters. The summed E-state index contributed by atoms with van der Waals surface area (Å²) in [5, 5.41) is 32.5. The van der Waals surface area contributed by atoms with E-state index >= 15 is 0 Å². The summed E-state index contributed by atoms with van der Waals surface area (Å²) < 4.78 is 0. The normalized spacial score (nSPS) is 19.9. The van der Waals surface area contributed by atoms with E-state index in [1.165, 1.54) is 0 Å². The molecule has 7 aromatic rings. The SMILES string of the molecule is OC1(c2ccccc2)c2cc3ccccc3cc2C(O)(c2ccccc2)c2cc3c(ccc4ccccc43)cc21. The third-order valence-corrected chi connectivity index (χ3v) is 8.71. The van der Waals surface area contributed by atoms with Crippen molar-refractivity contribution < 1.29 is 10.2 Å². The standard InChI is InChI=1S/C38H26O2/c39-37(29-14-3-1-4-15-29)33-21-26-12-7-8-13-27(26)22-34(33)38(40,30-16-5-2-6-17-30)36-24-32-28(23-35(36)37)20-19-25-11-9-10-18-31(25)32/h1-24,39-40H. The summed E-state index contributed by atoms with van der Waals surface area (Å²) in [5.41, 5.74) is 1.34. The highest BCUT2D eigenvalue weighted by Gasteiger charge is 2.51. The molecule has 8 rings (SSSR count). The van der Waals surface area contributed by atoms with Gasteiger partial charge in [0.05, 0.1) is 0 Å². The molecule has 2 unspecified atom stereocenters. The van der Waals surface area contributed by atoms with Crippen molar-refractivity contribution in [3.63, 3.8) is 0 Å². The lowest BCUT2D eigenvalue weighted by Crippen LogP contribution is -2.44. The number of hydrogen-bond acceptors (Lipinski definition) is 2. The van der Waals surface area contributed by atoms with Crippen LogP contribution in [-0.4, -0.2) is 10.2 Å². The van der Waals surface area contributed by atoms with Crippen molar-refractivity contribution in [2.45, 2.75) is 11.2 Å². The van der Waals surface area contributed by atoms with Gasteiger partial charge in [-0.3, -0.25) is 0 Å². The number of aliphatic hydroxyl groups is 2. The lowest BCUT2D eigenvalue weighted by molar-refractivity contribution is 0.0753. The second-order valence-corrected chi connectivity index (χ2v) is 10.8. The molecule has 2 N–H and O–H groups in total.